The Balaban J connectivity index is 0.000000980. The molecule has 0 aromatic heterocycles. The second-order valence-electron chi connectivity index (χ2n) is 2.79. The maximum Gasteiger partial charge on any atom is 0.0633 e. The van der Waals surface area contributed by atoms with Gasteiger partial charge in [-0.1, -0.05) is 30.3 Å². The lowest BCUT2D eigenvalue weighted by molar-refractivity contribution is 1.35. The second kappa shape index (κ2) is 4.64. The van der Waals surface area contributed by atoms with Gasteiger partial charge in [0.15, 0.2) is 0 Å². The van der Waals surface area contributed by atoms with E-state index >= 15 is 0 Å². The third kappa shape index (κ3) is 1.85. The molecule has 0 aliphatic heterocycles. The smallest absolute Gasteiger partial charge is 0.0633 e. The van der Waals surface area contributed by atoms with Crippen LogP contribution >= 0.6 is 28.3 Å². The zero-order valence-electron chi connectivity index (χ0n) is 7.33. The van der Waals surface area contributed by atoms with Gasteiger partial charge in [0.1, 0.15) is 0 Å². The van der Waals surface area contributed by atoms with Crippen LogP contribution in [0.15, 0.2) is 40.9 Å². The Morgan fingerprint density at radius 2 is 1.79 bits per heavy atom. The Bertz CT molecular complexity index is 445. The third-order valence-corrected chi connectivity index (χ3v) is 2.87. The van der Waals surface area contributed by atoms with Crippen LogP contribution in [-0.2, 0) is 0 Å². The zero-order chi connectivity index (χ0) is 9.26. The van der Waals surface area contributed by atoms with E-state index in [1.165, 1.54) is 5.39 Å². The Morgan fingerprint density at radius 1 is 1.07 bits per heavy atom. The van der Waals surface area contributed by atoms with Gasteiger partial charge in [-0.2, -0.15) is 0 Å². The van der Waals surface area contributed by atoms with Gasteiger partial charge in [-0.3, -0.25) is 5.84 Å². The van der Waals surface area contributed by atoms with Crippen LogP contribution in [0.5, 0.6) is 0 Å². The van der Waals surface area contributed by atoms with Crippen LogP contribution < -0.4 is 11.3 Å². The molecule has 4 heteroatoms. The molecule has 0 atom stereocenters. The molecule has 0 spiro atoms. The summed E-state index contributed by atoms with van der Waals surface area (Å²) < 4.78 is 1.01. The normalized spacial score (nSPS) is 9.57. The fourth-order valence-corrected chi connectivity index (χ4v) is 1.95. The number of nitrogen functional groups attached to an aromatic ring is 1. The van der Waals surface area contributed by atoms with E-state index in [2.05, 4.69) is 33.5 Å². The molecule has 3 N–H and O–H groups in total. The van der Waals surface area contributed by atoms with E-state index in [4.69, 9.17) is 5.84 Å². The summed E-state index contributed by atoms with van der Waals surface area (Å²) in [6.07, 6.45) is 0. The average Bonchev–Trinajstić information content (AvgIpc) is 2.19. The molecule has 0 aliphatic carbocycles. The number of benzene rings is 2. The molecule has 0 saturated carbocycles. The van der Waals surface area contributed by atoms with E-state index in [-0.39, 0.29) is 12.4 Å². The van der Waals surface area contributed by atoms with Crippen LogP contribution in [0, 0.1) is 0 Å². The van der Waals surface area contributed by atoms with Gasteiger partial charge >= 0.3 is 0 Å². The summed E-state index contributed by atoms with van der Waals surface area (Å²) in [7, 11) is 0. The maximum atomic E-state index is 5.36. The predicted molar refractivity (Wildman–Crippen MR) is 66.7 cm³/mol. The SMILES string of the molecule is Cl.NNc1ccc2ccccc2c1Br. The number of fused-ring (bicyclic) bond motifs is 1. The molecule has 0 fully saturated rings. The lowest BCUT2D eigenvalue weighted by Gasteiger charge is -2.06. The molecule has 14 heavy (non-hydrogen) atoms. The molecule has 2 aromatic carbocycles. The van der Waals surface area contributed by atoms with Crippen LogP contribution in [0.25, 0.3) is 10.8 Å². The van der Waals surface area contributed by atoms with E-state index < -0.39 is 0 Å². The first kappa shape index (κ1) is 11.3. The molecule has 0 bridgehead atoms. The summed E-state index contributed by atoms with van der Waals surface area (Å²) in [4.78, 5) is 0. The Labute approximate surface area is 97.0 Å². The molecule has 0 aliphatic rings. The van der Waals surface area contributed by atoms with Crippen molar-refractivity contribution in [3.05, 3.63) is 40.9 Å². The molecule has 0 amide bonds. The highest BCUT2D eigenvalue weighted by molar-refractivity contribution is 9.10. The molecule has 2 aromatic rings. The number of halogens is 2. The Kier molecular flexibility index (Phi) is 3.75. The van der Waals surface area contributed by atoms with Gasteiger partial charge in [0.2, 0.25) is 0 Å². The highest BCUT2D eigenvalue weighted by Gasteiger charge is 2.01. The summed E-state index contributed by atoms with van der Waals surface area (Å²) >= 11 is 3.50. The monoisotopic (exact) mass is 272 g/mol. The highest BCUT2D eigenvalue weighted by atomic mass is 79.9. The first-order chi connectivity index (χ1) is 6.33. The van der Waals surface area contributed by atoms with E-state index in [1.54, 1.807) is 0 Å². The van der Waals surface area contributed by atoms with E-state index in [1.807, 2.05) is 24.3 Å². The summed E-state index contributed by atoms with van der Waals surface area (Å²) in [6, 6.07) is 12.1. The second-order valence-corrected chi connectivity index (χ2v) is 3.59. The topological polar surface area (TPSA) is 38.0 Å². The van der Waals surface area contributed by atoms with E-state index in [0.29, 0.717) is 0 Å². The van der Waals surface area contributed by atoms with Gasteiger partial charge in [-0.15, -0.1) is 12.4 Å². The number of hydrogen-bond acceptors (Lipinski definition) is 2. The number of anilines is 1. The summed E-state index contributed by atoms with van der Waals surface area (Å²) in [5, 5.41) is 2.37. The van der Waals surface area contributed by atoms with Crippen molar-refractivity contribution < 1.29 is 0 Å². The van der Waals surface area contributed by atoms with Crippen molar-refractivity contribution >= 4 is 44.8 Å². The molecule has 0 saturated heterocycles. The van der Waals surface area contributed by atoms with E-state index in [0.717, 1.165) is 15.5 Å². The fraction of sp³-hybridized carbons (Fsp3) is 0. The maximum absolute atomic E-state index is 5.36. The third-order valence-electron chi connectivity index (χ3n) is 2.02. The van der Waals surface area contributed by atoms with Crippen LogP contribution in [0.2, 0.25) is 0 Å². The Morgan fingerprint density at radius 3 is 2.50 bits per heavy atom. The van der Waals surface area contributed by atoms with Gasteiger partial charge in [0.05, 0.1) is 5.69 Å². The largest absolute Gasteiger partial charge is 0.323 e. The standard InChI is InChI=1S/C10H9BrN2.ClH/c11-10-8-4-2-1-3-7(8)5-6-9(10)13-12;/h1-6,13H,12H2;1H. The summed E-state index contributed by atoms with van der Waals surface area (Å²) in [5.41, 5.74) is 3.54. The number of nitrogens with one attached hydrogen (secondary N) is 1. The number of hydrogen-bond donors (Lipinski definition) is 2. The summed E-state index contributed by atoms with van der Waals surface area (Å²) in [5.74, 6) is 5.36. The van der Waals surface area contributed by atoms with Crippen LogP contribution in [0.4, 0.5) is 5.69 Å². The van der Waals surface area contributed by atoms with Crippen molar-refractivity contribution in [1.29, 1.82) is 0 Å². The molecule has 74 valence electrons. The summed E-state index contributed by atoms with van der Waals surface area (Å²) in [6.45, 7) is 0. The lowest BCUT2D eigenvalue weighted by Crippen LogP contribution is -2.07. The van der Waals surface area contributed by atoms with Gasteiger partial charge < -0.3 is 5.43 Å². The first-order valence-electron chi connectivity index (χ1n) is 3.97. The molecule has 2 rings (SSSR count). The van der Waals surface area contributed by atoms with Crippen molar-refractivity contribution in [2.45, 2.75) is 0 Å². The first-order valence-corrected chi connectivity index (χ1v) is 4.76. The molecular weight excluding hydrogens is 263 g/mol. The minimum atomic E-state index is 0. The fourth-order valence-electron chi connectivity index (χ4n) is 1.35. The molecular formula is C10H10BrClN2. The molecule has 0 unspecified atom stereocenters. The van der Waals surface area contributed by atoms with Crippen molar-refractivity contribution in [2.75, 3.05) is 5.43 Å². The number of rotatable bonds is 1. The molecule has 0 radical (unpaired) electrons. The number of nitrogens with two attached hydrogens (primary N) is 1. The number of hydrazine groups is 1. The van der Waals surface area contributed by atoms with Crippen molar-refractivity contribution in [1.82, 2.24) is 0 Å². The quantitative estimate of drug-likeness (QED) is 0.618. The van der Waals surface area contributed by atoms with Gasteiger partial charge in [0, 0.05) is 4.47 Å². The highest BCUT2D eigenvalue weighted by Crippen LogP contribution is 2.30. The molecule has 0 heterocycles. The van der Waals surface area contributed by atoms with Crippen molar-refractivity contribution in [3.8, 4) is 0 Å². The minimum absolute atomic E-state index is 0. The van der Waals surface area contributed by atoms with Gasteiger partial charge in [0.25, 0.3) is 0 Å². The van der Waals surface area contributed by atoms with Crippen LogP contribution in [-0.4, -0.2) is 0 Å². The minimum Gasteiger partial charge on any atom is -0.323 e. The Hall–Kier alpha value is -0.770. The molecule has 2 nitrogen and oxygen atoms in total. The van der Waals surface area contributed by atoms with E-state index in [9.17, 15) is 0 Å². The van der Waals surface area contributed by atoms with Crippen LogP contribution in [0.3, 0.4) is 0 Å². The zero-order valence-corrected chi connectivity index (χ0v) is 9.73. The van der Waals surface area contributed by atoms with Crippen molar-refractivity contribution in [3.63, 3.8) is 0 Å². The van der Waals surface area contributed by atoms with Gasteiger partial charge in [-0.25, -0.2) is 0 Å². The lowest BCUT2D eigenvalue weighted by atomic mass is 10.1. The predicted octanol–water partition coefficient (Wildman–Crippen LogP) is 3.31. The average molecular weight is 274 g/mol. The van der Waals surface area contributed by atoms with Gasteiger partial charge in [-0.05, 0) is 32.8 Å². The van der Waals surface area contributed by atoms with Crippen LogP contribution in [0.1, 0.15) is 0 Å². The van der Waals surface area contributed by atoms with Crippen molar-refractivity contribution in [2.24, 2.45) is 5.84 Å².